The van der Waals surface area contributed by atoms with Crippen LogP contribution in [0.5, 0.6) is 0 Å². The van der Waals surface area contributed by atoms with Crippen LogP contribution >= 0.6 is 35.7 Å². The fourth-order valence-corrected chi connectivity index (χ4v) is 4.19. The van der Waals surface area contributed by atoms with E-state index in [9.17, 15) is 9.59 Å². The highest BCUT2D eigenvalue weighted by Crippen LogP contribution is 2.40. The van der Waals surface area contributed by atoms with Gasteiger partial charge in [0.25, 0.3) is 5.91 Å². The lowest BCUT2D eigenvalue weighted by Crippen LogP contribution is -2.33. The van der Waals surface area contributed by atoms with E-state index in [1.807, 2.05) is 11.9 Å². The van der Waals surface area contributed by atoms with E-state index in [1.165, 1.54) is 11.8 Å². The second-order valence-electron chi connectivity index (χ2n) is 3.56. The third-order valence-corrected chi connectivity index (χ3v) is 5.09. The summed E-state index contributed by atoms with van der Waals surface area (Å²) in [4.78, 5) is 26.4. The molecule has 2 aliphatic rings. The summed E-state index contributed by atoms with van der Waals surface area (Å²) in [5.74, 6) is -0.409. The van der Waals surface area contributed by atoms with Gasteiger partial charge in [-0.3, -0.25) is 14.5 Å². The molecule has 0 aromatic heterocycles. The van der Waals surface area contributed by atoms with Crippen LogP contribution in [-0.2, 0) is 9.59 Å². The molecule has 0 aromatic rings. The van der Waals surface area contributed by atoms with Crippen molar-refractivity contribution in [2.45, 2.75) is 0 Å². The molecule has 2 saturated heterocycles. The number of hydrogen-bond acceptors (Lipinski definition) is 6. The van der Waals surface area contributed by atoms with Gasteiger partial charge in [0, 0.05) is 19.3 Å². The second-order valence-corrected chi connectivity index (χ2v) is 6.29. The van der Waals surface area contributed by atoms with Crippen molar-refractivity contribution < 1.29 is 14.7 Å². The van der Waals surface area contributed by atoms with Gasteiger partial charge >= 0.3 is 5.97 Å². The molecule has 0 atom stereocenters. The standard InChI is InChI=1S/C9H10N2O3S3/c1-10-2-3-16-8(10)6-7(14)11(4-5(12)13)9(15)17-6/h2-4H2,1H3,(H,12,13)/b8-6+. The zero-order chi connectivity index (χ0) is 12.6. The lowest BCUT2D eigenvalue weighted by Gasteiger charge is -2.13. The summed E-state index contributed by atoms with van der Waals surface area (Å²) in [7, 11) is 1.92. The minimum Gasteiger partial charge on any atom is -0.480 e. The van der Waals surface area contributed by atoms with Crippen molar-refractivity contribution in [3.05, 3.63) is 9.93 Å². The zero-order valence-electron chi connectivity index (χ0n) is 9.00. The molecule has 5 nitrogen and oxygen atoms in total. The average Bonchev–Trinajstić information content (AvgIpc) is 2.76. The molecule has 92 valence electrons. The molecule has 8 heteroatoms. The zero-order valence-corrected chi connectivity index (χ0v) is 11.5. The maximum Gasteiger partial charge on any atom is 0.323 e. The van der Waals surface area contributed by atoms with E-state index in [4.69, 9.17) is 17.3 Å². The van der Waals surface area contributed by atoms with Gasteiger partial charge in [0.1, 0.15) is 15.8 Å². The summed E-state index contributed by atoms with van der Waals surface area (Å²) in [5, 5.41) is 9.62. The fourth-order valence-electron chi connectivity index (χ4n) is 1.53. The Morgan fingerprint density at radius 3 is 2.82 bits per heavy atom. The first-order chi connectivity index (χ1) is 8.00. The van der Waals surface area contributed by atoms with Gasteiger partial charge in [-0.1, -0.05) is 24.0 Å². The summed E-state index contributed by atoms with van der Waals surface area (Å²) in [6, 6.07) is 0. The number of amides is 1. The van der Waals surface area contributed by atoms with E-state index in [-0.39, 0.29) is 12.5 Å². The molecule has 0 bridgehead atoms. The Bertz CT molecular complexity index is 435. The number of carbonyl (C=O) groups excluding carboxylic acids is 1. The van der Waals surface area contributed by atoms with Crippen molar-refractivity contribution in [3.8, 4) is 0 Å². The summed E-state index contributed by atoms with van der Waals surface area (Å²) >= 11 is 7.82. The number of thioether (sulfide) groups is 2. The smallest absolute Gasteiger partial charge is 0.323 e. The summed E-state index contributed by atoms with van der Waals surface area (Å²) in [6.45, 7) is 0.527. The molecule has 0 aromatic carbocycles. The van der Waals surface area contributed by atoms with Crippen LogP contribution in [-0.4, -0.2) is 57.0 Å². The van der Waals surface area contributed by atoms with E-state index < -0.39 is 5.97 Å². The maximum absolute atomic E-state index is 12.0. The van der Waals surface area contributed by atoms with Gasteiger partial charge < -0.3 is 10.0 Å². The van der Waals surface area contributed by atoms with E-state index in [1.54, 1.807) is 11.8 Å². The summed E-state index contributed by atoms with van der Waals surface area (Å²) in [5.41, 5.74) is 0. The molecule has 2 aliphatic heterocycles. The molecule has 0 saturated carbocycles. The Morgan fingerprint density at radius 2 is 2.29 bits per heavy atom. The molecule has 2 rings (SSSR count). The van der Waals surface area contributed by atoms with Gasteiger partial charge in [-0.25, -0.2) is 0 Å². The van der Waals surface area contributed by atoms with Gasteiger partial charge in [-0.05, 0) is 0 Å². The molecule has 2 fully saturated rings. The molecule has 0 spiro atoms. The van der Waals surface area contributed by atoms with Gasteiger partial charge in [0.05, 0.1) is 5.03 Å². The quantitative estimate of drug-likeness (QED) is 0.595. The number of thiocarbonyl (C=S) groups is 1. The van der Waals surface area contributed by atoms with Crippen LogP contribution in [0.4, 0.5) is 0 Å². The van der Waals surface area contributed by atoms with Crippen molar-refractivity contribution in [2.24, 2.45) is 0 Å². The van der Waals surface area contributed by atoms with E-state index in [0.717, 1.165) is 22.2 Å². The van der Waals surface area contributed by atoms with Gasteiger partial charge in [0.2, 0.25) is 0 Å². The first-order valence-corrected chi connectivity index (χ1v) is 7.05. The third kappa shape index (κ3) is 2.43. The van der Waals surface area contributed by atoms with Crippen LogP contribution in [0.3, 0.4) is 0 Å². The van der Waals surface area contributed by atoms with E-state index in [2.05, 4.69) is 0 Å². The highest BCUT2D eigenvalue weighted by atomic mass is 32.2. The minimum absolute atomic E-state index is 0.293. The lowest BCUT2D eigenvalue weighted by atomic mass is 10.4. The number of carboxylic acid groups (broad SMARTS) is 1. The normalized spacial score (nSPS) is 25.0. The highest BCUT2D eigenvalue weighted by Gasteiger charge is 2.37. The molecule has 1 N–H and O–H groups in total. The Labute approximate surface area is 112 Å². The molecule has 0 radical (unpaired) electrons. The monoisotopic (exact) mass is 290 g/mol. The summed E-state index contributed by atoms with van der Waals surface area (Å²) in [6.07, 6.45) is 0. The minimum atomic E-state index is -1.06. The van der Waals surface area contributed by atoms with Crippen LogP contribution < -0.4 is 0 Å². The SMILES string of the molecule is CN1CCS/C1=C1/SC(=S)N(CC(=O)O)C1=O. The van der Waals surface area contributed by atoms with E-state index in [0.29, 0.717) is 9.23 Å². The third-order valence-electron chi connectivity index (χ3n) is 2.35. The van der Waals surface area contributed by atoms with Crippen molar-refractivity contribution in [2.75, 3.05) is 25.9 Å². The largest absolute Gasteiger partial charge is 0.480 e. The van der Waals surface area contributed by atoms with Gasteiger partial charge in [0.15, 0.2) is 0 Å². The van der Waals surface area contributed by atoms with Crippen LogP contribution in [0.2, 0.25) is 0 Å². The number of aliphatic carboxylic acids is 1. The maximum atomic E-state index is 12.0. The number of hydrogen-bond donors (Lipinski definition) is 1. The number of carboxylic acids is 1. The van der Waals surface area contributed by atoms with Crippen LogP contribution in [0, 0.1) is 0 Å². The molecule has 0 unspecified atom stereocenters. The van der Waals surface area contributed by atoms with Gasteiger partial charge in [-0.15, -0.1) is 11.8 Å². The Balaban J connectivity index is 2.26. The molecule has 1 amide bonds. The topological polar surface area (TPSA) is 60.9 Å². The number of carbonyl (C=O) groups is 2. The molecular formula is C9H10N2O3S3. The lowest BCUT2D eigenvalue weighted by molar-refractivity contribution is -0.140. The van der Waals surface area contributed by atoms with Crippen molar-refractivity contribution in [1.29, 1.82) is 0 Å². The number of rotatable bonds is 2. The Hall–Kier alpha value is -0.730. The first-order valence-electron chi connectivity index (χ1n) is 4.84. The first kappa shape index (κ1) is 12.7. The van der Waals surface area contributed by atoms with Gasteiger partial charge in [-0.2, -0.15) is 0 Å². The van der Waals surface area contributed by atoms with Crippen molar-refractivity contribution in [3.63, 3.8) is 0 Å². The Morgan fingerprint density at radius 1 is 1.59 bits per heavy atom. The molecule has 2 heterocycles. The van der Waals surface area contributed by atoms with Crippen LogP contribution in [0.1, 0.15) is 0 Å². The molecule has 17 heavy (non-hydrogen) atoms. The molecule has 0 aliphatic carbocycles. The fraction of sp³-hybridized carbons (Fsp3) is 0.444. The summed E-state index contributed by atoms with van der Waals surface area (Å²) < 4.78 is 0.320. The second kappa shape index (κ2) is 4.87. The predicted molar refractivity (Wildman–Crippen MR) is 71.7 cm³/mol. The molecular weight excluding hydrogens is 280 g/mol. The van der Waals surface area contributed by atoms with Crippen LogP contribution in [0.25, 0.3) is 0 Å². The van der Waals surface area contributed by atoms with Crippen molar-refractivity contribution in [1.82, 2.24) is 9.80 Å². The number of nitrogens with zero attached hydrogens (tertiary/aromatic N) is 2. The Kier molecular flexibility index (Phi) is 3.64. The van der Waals surface area contributed by atoms with Crippen molar-refractivity contribution >= 4 is 51.9 Å². The van der Waals surface area contributed by atoms with E-state index >= 15 is 0 Å². The highest BCUT2D eigenvalue weighted by molar-refractivity contribution is 8.27. The predicted octanol–water partition coefficient (Wildman–Crippen LogP) is 0.779. The average molecular weight is 290 g/mol. The van der Waals surface area contributed by atoms with Crippen LogP contribution in [0.15, 0.2) is 9.93 Å².